The van der Waals surface area contributed by atoms with Crippen LogP contribution in [0.5, 0.6) is 0 Å². The van der Waals surface area contributed by atoms with Crippen LogP contribution in [0.1, 0.15) is 72.1 Å². The molecule has 30 heteroatoms. The lowest BCUT2D eigenvalue weighted by Gasteiger charge is -2.25. The molecular weight excluding hydrogens is 1500 g/mol. The van der Waals surface area contributed by atoms with Gasteiger partial charge >= 0.3 is 23.9 Å². The van der Waals surface area contributed by atoms with Crippen molar-refractivity contribution in [1.29, 1.82) is 0 Å². The molecular formula is C61H89B3Cl5I2N8O12. The van der Waals surface area contributed by atoms with E-state index < -0.39 is 5.97 Å². The number of ether oxygens (including phenoxy) is 3. The first-order chi connectivity index (χ1) is 42.9. The molecule has 0 saturated carbocycles. The number of nitrogens with two attached hydrogens (primary N) is 3. The summed E-state index contributed by atoms with van der Waals surface area (Å²) in [6.07, 6.45) is 4.95. The van der Waals surface area contributed by atoms with E-state index in [4.69, 9.17) is 89.8 Å². The highest BCUT2D eigenvalue weighted by Crippen LogP contribution is 2.24. The maximum atomic E-state index is 11.6. The van der Waals surface area contributed by atoms with E-state index in [1.54, 1.807) is 0 Å². The van der Waals surface area contributed by atoms with Gasteiger partial charge in [-0.3, -0.25) is 19.2 Å². The first-order valence-electron chi connectivity index (χ1n) is 28.1. The third-order valence-corrected chi connectivity index (χ3v) is 15.6. The van der Waals surface area contributed by atoms with Gasteiger partial charge < -0.3 is 81.2 Å². The van der Waals surface area contributed by atoms with Gasteiger partial charge in [0.05, 0.1) is 71.4 Å². The number of aldehydes is 1. The van der Waals surface area contributed by atoms with Crippen LogP contribution in [0.2, 0.25) is 0 Å². The van der Waals surface area contributed by atoms with E-state index in [-0.39, 0.29) is 81.1 Å². The number of carboxylic acid groups (broad SMARTS) is 1. The minimum atomic E-state index is -0.873. The Kier molecular flexibility index (Phi) is 56.9. The Hall–Kier alpha value is -4.42. The van der Waals surface area contributed by atoms with Gasteiger partial charge in [0.15, 0.2) is 0 Å². The van der Waals surface area contributed by atoms with E-state index in [2.05, 4.69) is 99.2 Å². The standard InChI is InChI=1S/C17H24BCl2N2O3.C15H22Cl2N2O2.C13H18BN2O3.C7H8IN.C6H10BINO3.C2H3ClO.CH4/c1-13-3-4-16(22(7-5-19)8-6-20)10-14(13)9-15(21-18-12-23)11-17(24)25-2;1-11-2-3-14(19(6-4-16)7-5-17)9-12(11)8-13(18)10-15(20)21;1-9-3-4-11(15)5-10(9)6-12(16-14-8-17)7-13(18)19-2;1-5-2-3-6(9)4-7(5)8;1-12-6(11)2-5(3-8)9-7-4-10;3-1-2-4;/h3-4,10,12,15,21H,5-9,11H2,1-2H3;2-3,9,13H,4-8,10,18H2,1H3,(H,20,21);3-5,8,12,16H,6-7,15H2,1-2H3;2-4H,9H2,1H3;4-5,9H,2-3H2,1H3;2H,1H2;1H4/t15-;13-;12-;;5-;;/m000.1../s1. The molecule has 10 N–H and O–H groups in total. The number of methoxy groups -OCH3 is 3. The molecule has 0 bridgehead atoms. The minimum Gasteiger partial charge on any atom is -0.481 e. The molecule has 0 heterocycles. The average molecular weight is 1590 g/mol. The van der Waals surface area contributed by atoms with Crippen LogP contribution in [-0.4, -0.2) is 182 Å². The van der Waals surface area contributed by atoms with Crippen LogP contribution >= 0.6 is 103 Å². The molecule has 0 aromatic heterocycles. The van der Waals surface area contributed by atoms with Crippen LogP contribution < -0.4 is 42.7 Å². The first-order valence-corrected chi connectivity index (χ1v) is 33.3. The Morgan fingerprint density at radius 2 is 0.879 bits per heavy atom. The van der Waals surface area contributed by atoms with E-state index in [0.717, 1.165) is 68.0 Å². The smallest absolute Gasteiger partial charge is 0.307 e. The van der Waals surface area contributed by atoms with Crippen LogP contribution in [0.4, 0.5) is 22.7 Å². The number of carbonyl (C=O) groups excluding carboxylic acids is 7. The lowest BCUT2D eigenvalue weighted by atomic mass is 9.91. The molecule has 3 radical (unpaired) electrons. The SMILES string of the molecule is C.COC(=O)C[C@H](CI)N[B]C=O.COC(=O)C[C@H](Cc1cc(N(CCCl)CCCl)ccc1C)N[B]C=O.COC(=O)C[C@H](Cc1cc(N)ccc1C)N[B]C=O.Cc1ccc(N(CCCl)CCCl)cc1C[C@H](N)CC(=O)O.Cc1ccc(N)cc1I.O=CCCl. The molecule has 0 saturated heterocycles. The zero-order valence-electron chi connectivity index (χ0n) is 52.0. The zero-order chi connectivity index (χ0) is 68.4. The van der Waals surface area contributed by atoms with Crippen molar-refractivity contribution in [1.82, 2.24) is 15.7 Å². The molecule has 0 unspecified atom stereocenters. The van der Waals surface area contributed by atoms with Gasteiger partial charge in [-0.05, 0) is 157 Å². The number of aliphatic carboxylic acids is 1. The fraction of sp³-hybridized carbons (Fsp3) is 0.475. The molecule has 0 amide bonds. The van der Waals surface area contributed by atoms with Crippen molar-refractivity contribution < 1.29 is 57.7 Å². The lowest BCUT2D eigenvalue weighted by molar-refractivity contribution is -0.142. The number of nitrogens with zero attached hydrogens (tertiary/aromatic N) is 2. The number of anilines is 4. The van der Waals surface area contributed by atoms with Crippen LogP contribution in [0, 0.1) is 31.3 Å². The molecule has 91 heavy (non-hydrogen) atoms. The normalized spacial score (nSPS) is 11.2. The number of benzene rings is 4. The summed E-state index contributed by atoms with van der Waals surface area (Å²) in [4.78, 5) is 88.7. The predicted molar refractivity (Wildman–Crippen MR) is 395 cm³/mol. The van der Waals surface area contributed by atoms with Crippen LogP contribution in [0.3, 0.4) is 0 Å². The van der Waals surface area contributed by atoms with Crippen molar-refractivity contribution in [2.45, 2.75) is 104 Å². The van der Waals surface area contributed by atoms with E-state index in [1.807, 2.05) is 81.4 Å². The number of hydrogen-bond acceptors (Lipinski definition) is 19. The number of hydrogen-bond donors (Lipinski definition) is 7. The second-order valence-electron chi connectivity index (χ2n) is 19.4. The summed E-state index contributed by atoms with van der Waals surface area (Å²) >= 11 is 32.6. The molecule has 4 aromatic rings. The molecule has 0 aliphatic heterocycles. The Bertz CT molecular complexity index is 2720. The first kappa shape index (κ1) is 90.8. The summed E-state index contributed by atoms with van der Waals surface area (Å²) in [6.45, 7) is 10.9. The number of carboxylic acids is 1. The zero-order valence-corrected chi connectivity index (χ0v) is 60.1. The maximum Gasteiger partial charge on any atom is 0.307 e. The number of halogens is 7. The minimum absolute atomic E-state index is 0. The predicted octanol–water partition coefficient (Wildman–Crippen LogP) is 8.22. The summed E-state index contributed by atoms with van der Waals surface area (Å²) in [7, 11) is 7.91. The molecule has 503 valence electrons. The summed E-state index contributed by atoms with van der Waals surface area (Å²) < 4.78 is 15.8. The van der Waals surface area contributed by atoms with E-state index in [1.165, 1.54) is 52.7 Å². The second-order valence-corrected chi connectivity index (χ2v) is 23.3. The summed E-state index contributed by atoms with van der Waals surface area (Å²) in [5.41, 5.74) is 28.6. The van der Waals surface area contributed by atoms with Crippen molar-refractivity contribution in [2.75, 3.05) is 103 Å². The third-order valence-electron chi connectivity index (χ3n) is 12.6. The topological polar surface area (TPSA) is 305 Å². The van der Waals surface area contributed by atoms with Gasteiger partial charge in [-0.15, -0.1) is 58.0 Å². The molecule has 0 fully saturated rings. The molecule has 0 aliphatic rings. The number of aryl methyl sites for hydroxylation is 4. The summed E-state index contributed by atoms with van der Waals surface area (Å²) in [6, 6.07) is 23.0. The largest absolute Gasteiger partial charge is 0.481 e. The Morgan fingerprint density at radius 3 is 1.20 bits per heavy atom. The molecule has 0 spiro atoms. The van der Waals surface area contributed by atoms with Crippen molar-refractivity contribution in [3.8, 4) is 0 Å². The van der Waals surface area contributed by atoms with Crippen molar-refractivity contribution >= 4 is 197 Å². The Morgan fingerprint density at radius 1 is 0.549 bits per heavy atom. The monoisotopic (exact) mass is 1590 g/mol. The average Bonchev–Trinajstić information content (AvgIpc) is 1.29. The second kappa shape index (κ2) is 57.1. The van der Waals surface area contributed by atoms with Gasteiger partial charge in [-0.25, -0.2) is 0 Å². The van der Waals surface area contributed by atoms with Crippen LogP contribution in [-0.2, 0) is 71.8 Å². The van der Waals surface area contributed by atoms with E-state index >= 15 is 0 Å². The van der Waals surface area contributed by atoms with Gasteiger partial charge in [0.2, 0.25) is 0 Å². The number of rotatable bonds is 35. The van der Waals surface area contributed by atoms with Crippen LogP contribution in [0.15, 0.2) is 72.8 Å². The lowest BCUT2D eigenvalue weighted by Crippen LogP contribution is -2.37. The van der Waals surface area contributed by atoms with Crippen molar-refractivity contribution in [3.63, 3.8) is 0 Å². The molecule has 20 nitrogen and oxygen atoms in total. The molecule has 4 rings (SSSR count). The Labute approximate surface area is 593 Å². The fourth-order valence-electron chi connectivity index (χ4n) is 7.85. The third kappa shape index (κ3) is 44.0. The quantitative estimate of drug-likeness (QED) is 0.00434. The number of nitrogen functional groups attached to an aromatic ring is 2. The number of carbonyl (C=O) groups is 8. The Balaban J connectivity index is -0.00000108. The van der Waals surface area contributed by atoms with Gasteiger partial charge in [-0.1, -0.05) is 54.3 Å². The van der Waals surface area contributed by atoms with Gasteiger partial charge in [-0.2, -0.15) is 0 Å². The van der Waals surface area contributed by atoms with E-state index in [9.17, 15) is 33.6 Å². The van der Waals surface area contributed by atoms with Crippen LogP contribution in [0.25, 0.3) is 0 Å². The molecule has 4 aromatic carbocycles. The highest BCUT2D eigenvalue weighted by atomic mass is 127. The molecule has 4 atom stereocenters. The van der Waals surface area contributed by atoms with Gasteiger partial charge in [0.25, 0.3) is 22.2 Å². The van der Waals surface area contributed by atoms with Crippen molar-refractivity contribution in [3.05, 3.63) is 115 Å². The number of esters is 3. The maximum absolute atomic E-state index is 11.6. The van der Waals surface area contributed by atoms with Gasteiger partial charge in [0, 0.05) is 105 Å². The summed E-state index contributed by atoms with van der Waals surface area (Å²) in [5.74, 6) is 0.402. The molecule has 0 aliphatic carbocycles. The number of nitrogens with one attached hydrogen (secondary N) is 3. The number of alkyl halides is 6. The highest BCUT2D eigenvalue weighted by molar-refractivity contribution is 14.1. The summed E-state index contributed by atoms with van der Waals surface area (Å²) in [5, 5.41) is 17.4. The van der Waals surface area contributed by atoms with Gasteiger partial charge in [0.1, 0.15) is 6.29 Å². The highest BCUT2D eigenvalue weighted by Gasteiger charge is 2.19. The fourth-order valence-corrected chi connectivity index (χ4v) is 9.77. The van der Waals surface area contributed by atoms with E-state index in [0.29, 0.717) is 86.4 Å². The van der Waals surface area contributed by atoms with Crippen molar-refractivity contribution in [2.24, 2.45) is 5.73 Å².